The maximum absolute atomic E-state index is 13.0. The molecule has 6 N–H and O–H groups in total. The lowest BCUT2D eigenvalue weighted by Gasteiger charge is -2.40. The zero-order chi connectivity index (χ0) is 63.0. The highest BCUT2D eigenvalue weighted by molar-refractivity contribution is 5.76. The normalized spacial score (nSPS) is 18.0. The lowest BCUT2D eigenvalue weighted by molar-refractivity contribution is -0.302. The summed E-state index contributed by atoms with van der Waals surface area (Å²) in [6.45, 7) is 4.29. The summed E-state index contributed by atoms with van der Waals surface area (Å²) in [6, 6.07) is -0.804. The van der Waals surface area contributed by atoms with Gasteiger partial charge in [-0.2, -0.15) is 0 Å². The van der Waals surface area contributed by atoms with Gasteiger partial charge in [0.1, 0.15) is 24.4 Å². The van der Waals surface area contributed by atoms with Crippen molar-refractivity contribution in [1.82, 2.24) is 5.32 Å². The Hall–Kier alpha value is -2.12. The van der Waals surface area contributed by atoms with E-state index in [0.29, 0.717) is 19.4 Å². The molecule has 0 spiro atoms. The number of allylic oxidation sites excluding steroid dienone is 5. The van der Waals surface area contributed by atoms with Crippen molar-refractivity contribution in [1.29, 1.82) is 0 Å². The third-order valence-electron chi connectivity index (χ3n) is 18.0. The van der Waals surface area contributed by atoms with Crippen LogP contribution in [0.2, 0.25) is 0 Å². The molecule has 7 atom stereocenters. The molecule has 11 heteroatoms. The van der Waals surface area contributed by atoms with Crippen LogP contribution in [-0.2, 0) is 23.8 Å². The van der Waals surface area contributed by atoms with Crippen molar-refractivity contribution in [2.45, 2.75) is 416 Å². The Labute approximate surface area is 536 Å². The van der Waals surface area contributed by atoms with Gasteiger partial charge in [0.05, 0.1) is 32.0 Å². The summed E-state index contributed by atoms with van der Waals surface area (Å²) in [4.78, 5) is 25.1. The van der Waals surface area contributed by atoms with Crippen molar-refractivity contribution in [3.8, 4) is 0 Å². The Morgan fingerprint density at radius 1 is 0.425 bits per heavy atom. The summed E-state index contributed by atoms with van der Waals surface area (Å²) in [5, 5.41) is 54.3. The number of carbonyl (C=O) groups excluding carboxylic acids is 2. The third kappa shape index (κ3) is 54.2. The van der Waals surface area contributed by atoms with E-state index in [1.165, 1.54) is 283 Å². The van der Waals surface area contributed by atoms with Crippen LogP contribution in [-0.4, -0.2) is 100 Å². The molecule has 11 nitrogen and oxygen atoms in total. The van der Waals surface area contributed by atoms with E-state index >= 15 is 0 Å². The van der Waals surface area contributed by atoms with Crippen molar-refractivity contribution < 1.29 is 49.3 Å². The lowest BCUT2D eigenvalue weighted by Crippen LogP contribution is -2.60. The minimum absolute atomic E-state index is 0.00201. The van der Waals surface area contributed by atoms with Gasteiger partial charge in [0.15, 0.2) is 6.29 Å². The number of hydrogen-bond donors (Lipinski definition) is 6. The fourth-order valence-corrected chi connectivity index (χ4v) is 12.1. The topological polar surface area (TPSA) is 175 Å². The maximum atomic E-state index is 13.0. The molecule has 1 amide bonds. The minimum atomic E-state index is -1.57. The Bertz CT molecular complexity index is 1540. The molecular weight excluding hydrogens is 1090 g/mol. The fraction of sp³-hybridized carbons (Fsp3) is 0.895. The summed E-state index contributed by atoms with van der Waals surface area (Å²) < 4.78 is 16.7. The van der Waals surface area contributed by atoms with Gasteiger partial charge in [0.25, 0.3) is 0 Å². The van der Waals surface area contributed by atoms with E-state index in [9.17, 15) is 35.1 Å². The van der Waals surface area contributed by atoms with Gasteiger partial charge in [-0.15, -0.1) is 0 Å². The average Bonchev–Trinajstić information content (AvgIpc) is 3.11. The van der Waals surface area contributed by atoms with Crippen LogP contribution in [0.15, 0.2) is 36.5 Å². The van der Waals surface area contributed by atoms with E-state index in [1.54, 1.807) is 6.08 Å². The fourth-order valence-electron chi connectivity index (χ4n) is 12.1. The van der Waals surface area contributed by atoms with Crippen LogP contribution in [0.1, 0.15) is 373 Å². The van der Waals surface area contributed by atoms with Crippen molar-refractivity contribution in [3.63, 3.8) is 0 Å². The standard InChI is InChI=1S/C76H143NO10/c1-3-5-7-9-11-13-14-40-44-48-52-56-60-64-72(81)85-65-61-57-53-49-45-42-39-37-35-33-31-29-27-25-23-21-19-17-15-16-18-20-22-24-26-28-30-32-34-36-38-41-43-47-51-55-59-63-71(80)77-68(69(79)62-58-54-50-46-12-10-8-6-4-2)67-86-76-75(84)74(83)73(82)70(66-78)87-76/h7,9,13-14,58,62,68-70,73-76,78-79,82-84H,3-6,8,10-12,15-57,59-61,63-67H2,1-2H3,(H,77,80)/b9-7-,14-13-,62-58+. The molecule has 0 radical (unpaired) electrons. The summed E-state index contributed by atoms with van der Waals surface area (Å²) >= 11 is 0. The number of aliphatic hydroxyl groups excluding tert-OH is 5. The number of carbonyl (C=O) groups is 2. The van der Waals surface area contributed by atoms with Crippen LogP contribution in [0.4, 0.5) is 0 Å². The number of ether oxygens (including phenoxy) is 3. The second kappa shape index (κ2) is 65.4. The molecule has 0 aromatic rings. The van der Waals surface area contributed by atoms with Gasteiger partial charge in [-0.1, -0.05) is 339 Å². The van der Waals surface area contributed by atoms with E-state index in [1.807, 2.05) is 6.08 Å². The van der Waals surface area contributed by atoms with Crippen molar-refractivity contribution in [2.75, 3.05) is 19.8 Å². The molecule has 1 saturated heterocycles. The average molecular weight is 1230 g/mol. The molecule has 0 aromatic heterocycles. The van der Waals surface area contributed by atoms with Gasteiger partial charge in [0.2, 0.25) is 5.91 Å². The van der Waals surface area contributed by atoms with E-state index in [2.05, 4.69) is 43.5 Å². The zero-order valence-corrected chi connectivity index (χ0v) is 57.0. The van der Waals surface area contributed by atoms with E-state index in [0.717, 1.165) is 64.2 Å². The van der Waals surface area contributed by atoms with E-state index < -0.39 is 49.5 Å². The van der Waals surface area contributed by atoms with Crippen LogP contribution in [0.25, 0.3) is 0 Å². The van der Waals surface area contributed by atoms with Crippen LogP contribution >= 0.6 is 0 Å². The first-order chi connectivity index (χ1) is 42.7. The molecule has 1 fully saturated rings. The molecule has 0 aliphatic carbocycles. The number of aliphatic hydroxyl groups is 5. The summed E-state index contributed by atoms with van der Waals surface area (Å²) in [7, 11) is 0. The summed E-state index contributed by atoms with van der Waals surface area (Å²) in [5.74, 6) is -0.174. The Morgan fingerprint density at radius 2 is 0.793 bits per heavy atom. The predicted octanol–water partition coefficient (Wildman–Crippen LogP) is 19.7. The number of unbranched alkanes of at least 4 members (excludes halogenated alkanes) is 49. The SMILES string of the molecule is CCC/C=C\C/C=C\CCCCCCCC(=O)OCCCCCCCCCCCCCCCCCCCCCCCCCCCCCCCCCCCCCCCC(=O)NC(COC1OC(CO)C(O)C(O)C1O)C(O)/C=C/CCCCCCCCC. The van der Waals surface area contributed by atoms with Gasteiger partial charge in [-0.25, -0.2) is 0 Å². The Kier molecular flexibility index (Phi) is 62.3. The van der Waals surface area contributed by atoms with Crippen molar-refractivity contribution >= 4 is 11.9 Å². The molecule has 0 aromatic carbocycles. The molecule has 1 aliphatic rings. The number of nitrogens with one attached hydrogen (secondary N) is 1. The van der Waals surface area contributed by atoms with E-state index in [-0.39, 0.29) is 18.5 Å². The predicted molar refractivity (Wildman–Crippen MR) is 366 cm³/mol. The zero-order valence-electron chi connectivity index (χ0n) is 57.0. The summed E-state index contributed by atoms with van der Waals surface area (Å²) in [6.07, 6.45) is 74.7. The Balaban J connectivity index is 1.85. The molecule has 0 saturated carbocycles. The second-order valence-corrected chi connectivity index (χ2v) is 26.4. The molecule has 1 rings (SSSR count). The smallest absolute Gasteiger partial charge is 0.305 e. The highest BCUT2D eigenvalue weighted by Gasteiger charge is 2.44. The molecule has 87 heavy (non-hydrogen) atoms. The Morgan fingerprint density at radius 3 is 1.21 bits per heavy atom. The van der Waals surface area contributed by atoms with Gasteiger partial charge in [0, 0.05) is 12.8 Å². The number of esters is 1. The summed E-state index contributed by atoms with van der Waals surface area (Å²) in [5.41, 5.74) is 0. The first-order valence-electron chi connectivity index (χ1n) is 37.8. The highest BCUT2D eigenvalue weighted by Crippen LogP contribution is 2.24. The number of amides is 1. The molecule has 0 bridgehead atoms. The van der Waals surface area contributed by atoms with Gasteiger partial charge in [-0.3, -0.25) is 9.59 Å². The molecule has 1 aliphatic heterocycles. The number of rotatable bonds is 67. The maximum Gasteiger partial charge on any atom is 0.305 e. The van der Waals surface area contributed by atoms with Gasteiger partial charge < -0.3 is 45.1 Å². The van der Waals surface area contributed by atoms with Crippen LogP contribution in [0.3, 0.4) is 0 Å². The third-order valence-corrected chi connectivity index (χ3v) is 18.0. The number of hydrogen-bond acceptors (Lipinski definition) is 10. The van der Waals surface area contributed by atoms with Crippen molar-refractivity contribution in [3.05, 3.63) is 36.5 Å². The molecule has 1 heterocycles. The molecular formula is C76H143NO10. The second-order valence-electron chi connectivity index (χ2n) is 26.4. The quantitative estimate of drug-likeness (QED) is 0.0195. The van der Waals surface area contributed by atoms with Crippen LogP contribution < -0.4 is 5.32 Å². The highest BCUT2D eigenvalue weighted by atomic mass is 16.7. The van der Waals surface area contributed by atoms with Gasteiger partial charge in [-0.05, 0) is 57.8 Å². The largest absolute Gasteiger partial charge is 0.466 e. The lowest BCUT2D eigenvalue weighted by atomic mass is 9.99. The minimum Gasteiger partial charge on any atom is -0.466 e. The van der Waals surface area contributed by atoms with Crippen molar-refractivity contribution in [2.24, 2.45) is 0 Å². The van der Waals surface area contributed by atoms with Gasteiger partial charge >= 0.3 is 5.97 Å². The first kappa shape index (κ1) is 82.9. The van der Waals surface area contributed by atoms with Crippen LogP contribution in [0, 0.1) is 0 Å². The van der Waals surface area contributed by atoms with Crippen LogP contribution in [0.5, 0.6) is 0 Å². The molecule has 512 valence electrons. The molecule has 7 unspecified atom stereocenters. The first-order valence-corrected chi connectivity index (χ1v) is 37.8. The monoisotopic (exact) mass is 1230 g/mol. The van der Waals surface area contributed by atoms with E-state index in [4.69, 9.17) is 14.2 Å².